The Bertz CT molecular complexity index is 551. The lowest BCUT2D eigenvalue weighted by Gasteiger charge is -2.03. The molecule has 1 aromatic carbocycles. The topological polar surface area (TPSA) is 45.8 Å². The summed E-state index contributed by atoms with van der Waals surface area (Å²) in [6, 6.07) is 3.06. The van der Waals surface area contributed by atoms with Gasteiger partial charge in [-0.15, -0.1) is 0 Å². The Balaban J connectivity index is 2.55. The first kappa shape index (κ1) is 11.0. The van der Waals surface area contributed by atoms with Crippen LogP contribution in [-0.4, -0.2) is 16.3 Å². The van der Waals surface area contributed by atoms with E-state index < -0.39 is 0 Å². The summed E-state index contributed by atoms with van der Waals surface area (Å²) in [5.41, 5.74) is 1.65. The number of imidazole rings is 1. The highest BCUT2D eigenvalue weighted by molar-refractivity contribution is 9.10. The van der Waals surface area contributed by atoms with Crippen molar-refractivity contribution in [3.63, 3.8) is 0 Å². The van der Waals surface area contributed by atoms with Crippen LogP contribution in [0.2, 0.25) is 0 Å². The predicted octanol–water partition coefficient (Wildman–Crippen LogP) is 3.10. The number of nitrogens with one attached hydrogen (secondary N) is 1. The minimum Gasteiger partial charge on any atom is -0.336 e. The summed E-state index contributed by atoms with van der Waals surface area (Å²) < 4.78 is 13.8. The minimum absolute atomic E-state index is 0.280. The van der Waals surface area contributed by atoms with Gasteiger partial charge in [0.25, 0.3) is 0 Å². The molecule has 0 saturated carbocycles. The first-order chi connectivity index (χ1) is 7.61. The second-order valence-corrected chi connectivity index (χ2v) is 4.24. The Morgan fingerprint density at radius 3 is 2.88 bits per heavy atom. The Kier molecular flexibility index (Phi) is 2.87. The Morgan fingerprint density at radius 1 is 1.50 bits per heavy atom. The molecule has 1 heterocycles. The third-order valence-corrected chi connectivity index (χ3v) is 2.88. The van der Waals surface area contributed by atoms with Crippen LogP contribution in [0.15, 0.2) is 22.8 Å². The smallest absolute Gasteiger partial charge is 0.167 e. The van der Waals surface area contributed by atoms with Gasteiger partial charge in [-0.1, -0.05) is 0 Å². The molecule has 0 aliphatic rings. The molecule has 0 atom stereocenters. The van der Waals surface area contributed by atoms with Crippen molar-refractivity contribution in [3.05, 3.63) is 39.9 Å². The number of benzene rings is 1. The van der Waals surface area contributed by atoms with Gasteiger partial charge in [0.1, 0.15) is 11.6 Å². The molecule has 2 rings (SSSR count). The van der Waals surface area contributed by atoms with Crippen molar-refractivity contribution in [3.8, 4) is 11.4 Å². The third-order valence-electron chi connectivity index (χ3n) is 2.23. The largest absolute Gasteiger partial charge is 0.336 e. The number of carbonyl (C=O) groups excluding carboxylic acids is 1. The van der Waals surface area contributed by atoms with Crippen LogP contribution >= 0.6 is 15.9 Å². The van der Waals surface area contributed by atoms with Gasteiger partial charge in [-0.25, -0.2) is 9.37 Å². The molecule has 0 radical (unpaired) electrons. The van der Waals surface area contributed by atoms with Gasteiger partial charge in [-0.05, 0) is 40.5 Å². The lowest BCUT2D eigenvalue weighted by Crippen LogP contribution is -1.89. The highest BCUT2D eigenvalue weighted by atomic mass is 79.9. The van der Waals surface area contributed by atoms with Crippen molar-refractivity contribution in [2.45, 2.75) is 6.92 Å². The lowest BCUT2D eigenvalue weighted by molar-refractivity contribution is 0.111. The standard InChI is InChI=1S/C11H8BrFN2O/c1-6-2-8(9(12)3-10(6)13)11-14-4-7(5-16)15-11/h2-5H,1H3,(H,14,15). The van der Waals surface area contributed by atoms with Crippen LogP contribution in [0.3, 0.4) is 0 Å². The molecule has 3 nitrogen and oxygen atoms in total. The molecule has 0 fully saturated rings. The molecule has 0 aliphatic carbocycles. The van der Waals surface area contributed by atoms with Crippen molar-refractivity contribution in [1.29, 1.82) is 0 Å². The van der Waals surface area contributed by atoms with E-state index in [2.05, 4.69) is 25.9 Å². The summed E-state index contributed by atoms with van der Waals surface area (Å²) in [6.45, 7) is 1.68. The number of rotatable bonds is 2. The summed E-state index contributed by atoms with van der Waals surface area (Å²) in [5.74, 6) is 0.259. The molecule has 82 valence electrons. The number of hydrogen-bond donors (Lipinski definition) is 1. The maximum absolute atomic E-state index is 13.2. The number of aldehydes is 1. The average molecular weight is 283 g/mol. The summed E-state index contributed by atoms with van der Waals surface area (Å²) in [6.07, 6.45) is 2.12. The van der Waals surface area contributed by atoms with Crippen LogP contribution in [0, 0.1) is 12.7 Å². The van der Waals surface area contributed by atoms with E-state index in [0.29, 0.717) is 27.8 Å². The summed E-state index contributed by atoms with van der Waals surface area (Å²) >= 11 is 3.26. The molecule has 1 N–H and O–H groups in total. The predicted molar refractivity (Wildman–Crippen MR) is 61.8 cm³/mol. The molecule has 0 saturated heterocycles. The minimum atomic E-state index is -0.280. The number of H-pyrrole nitrogens is 1. The maximum Gasteiger partial charge on any atom is 0.167 e. The number of nitrogens with zero attached hydrogens (tertiary/aromatic N) is 1. The van der Waals surface area contributed by atoms with Crippen LogP contribution in [0.5, 0.6) is 0 Å². The molecule has 0 amide bonds. The number of aromatic amines is 1. The van der Waals surface area contributed by atoms with E-state index in [1.54, 1.807) is 13.0 Å². The quantitative estimate of drug-likeness (QED) is 0.861. The van der Waals surface area contributed by atoms with Gasteiger partial charge in [0.15, 0.2) is 6.29 Å². The summed E-state index contributed by atoms with van der Waals surface area (Å²) in [4.78, 5) is 17.4. The van der Waals surface area contributed by atoms with E-state index in [1.165, 1.54) is 12.3 Å². The Labute approximate surface area is 99.8 Å². The lowest BCUT2D eigenvalue weighted by atomic mass is 10.1. The van der Waals surface area contributed by atoms with Gasteiger partial charge < -0.3 is 4.98 Å². The summed E-state index contributed by atoms with van der Waals surface area (Å²) in [5, 5.41) is 0. The second-order valence-electron chi connectivity index (χ2n) is 3.39. The monoisotopic (exact) mass is 282 g/mol. The zero-order valence-electron chi connectivity index (χ0n) is 8.42. The zero-order chi connectivity index (χ0) is 11.7. The molecule has 0 bridgehead atoms. The van der Waals surface area contributed by atoms with Crippen molar-refractivity contribution >= 4 is 22.2 Å². The molecule has 2 aromatic rings. The van der Waals surface area contributed by atoms with Gasteiger partial charge in [0.05, 0.1) is 11.9 Å². The molecular formula is C11H8BrFN2O. The van der Waals surface area contributed by atoms with Gasteiger partial charge in [0, 0.05) is 10.0 Å². The third kappa shape index (κ3) is 1.90. The number of halogens is 2. The van der Waals surface area contributed by atoms with Crippen molar-refractivity contribution in [2.24, 2.45) is 0 Å². The Morgan fingerprint density at radius 2 is 2.25 bits per heavy atom. The SMILES string of the molecule is Cc1cc(-c2ncc(C=O)[nH]2)c(Br)cc1F. The first-order valence-electron chi connectivity index (χ1n) is 4.58. The number of aryl methyl sites for hydroxylation is 1. The van der Waals surface area contributed by atoms with Crippen LogP contribution in [-0.2, 0) is 0 Å². The number of aromatic nitrogens is 2. The van der Waals surface area contributed by atoms with E-state index >= 15 is 0 Å². The van der Waals surface area contributed by atoms with E-state index in [1.807, 2.05) is 0 Å². The van der Waals surface area contributed by atoms with Gasteiger partial charge in [0.2, 0.25) is 0 Å². The fourth-order valence-corrected chi connectivity index (χ4v) is 1.87. The fraction of sp³-hybridized carbons (Fsp3) is 0.0909. The van der Waals surface area contributed by atoms with Gasteiger partial charge >= 0.3 is 0 Å². The normalized spacial score (nSPS) is 10.4. The molecular weight excluding hydrogens is 275 g/mol. The van der Waals surface area contributed by atoms with Gasteiger partial charge in [-0.2, -0.15) is 0 Å². The highest BCUT2D eigenvalue weighted by Crippen LogP contribution is 2.28. The van der Waals surface area contributed by atoms with Crippen LogP contribution in [0.1, 0.15) is 16.1 Å². The van der Waals surface area contributed by atoms with Crippen LogP contribution < -0.4 is 0 Å². The first-order valence-corrected chi connectivity index (χ1v) is 5.37. The maximum atomic E-state index is 13.2. The number of carbonyl (C=O) groups is 1. The van der Waals surface area contributed by atoms with Gasteiger partial charge in [-0.3, -0.25) is 4.79 Å². The molecule has 0 aliphatic heterocycles. The molecule has 0 unspecified atom stereocenters. The molecule has 1 aromatic heterocycles. The van der Waals surface area contributed by atoms with Crippen LogP contribution in [0.4, 0.5) is 4.39 Å². The average Bonchev–Trinajstić information content (AvgIpc) is 2.71. The molecule has 5 heteroatoms. The van der Waals surface area contributed by atoms with Crippen molar-refractivity contribution in [2.75, 3.05) is 0 Å². The molecule has 0 spiro atoms. The van der Waals surface area contributed by atoms with Crippen LogP contribution in [0.25, 0.3) is 11.4 Å². The zero-order valence-corrected chi connectivity index (χ0v) is 10.0. The van der Waals surface area contributed by atoms with Crippen molar-refractivity contribution < 1.29 is 9.18 Å². The van der Waals surface area contributed by atoms with E-state index in [9.17, 15) is 9.18 Å². The Hall–Kier alpha value is -1.49. The number of hydrogen-bond acceptors (Lipinski definition) is 2. The highest BCUT2D eigenvalue weighted by Gasteiger charge is 2.10. The van der Waals surface area contributed by atoms with E-state index in [4.69, 9.17) is 0 Å². The van der Waals surface area contributed by atoms with Crippen molar-refractivity contribution in [1.82, 2.24) is 9.97 Å². The fourth-order valence-electron chi connectivity index (χ4n) is 1.37. The van der Waals surface area contributed by atoms with E-state index in [-0.39, 0.29) is 5.82 Å². The van der Waals surface area contributed by atoms with E-state index in [0.717, 1.165) is 5.56 Å². The second kappa shape index (κ2) is 4.17. The molecule has 16 heavy (non-hydrogen) atoms. The summed E-state index contributed by atoms with van der Waals surface area (Å²) in [7, 11) is 0.